The van der Waals surface area contributed by atoms with Crippen LogP contribution in [-0.4, -0.2) is 30.7 Å². The number of benzene rings is 1. The van der Waals surface area contributed by atoms with E-state index in [1.54, 1.807) is 12.1 Å². The van der Waals surface area contributed by atoms with Gasteiger partial charge in [-0.25, -0.2) is 0 Å². The van der Waals surface area contributed by atoms with Gasteiger partial charge in [0, 0.05) is 11.8 Å². The van der Waals surface area contributed by atoms with E-state index in [-0.39, 0.29) is 17.7 Å². The maximum absolute atomic E-state index is 11.9. The molecule has 18 heavy (non-hydrogen) atoms. The van der Waals surface area contributed by atoms with Gasteiger partial charge < -0.3 is 20.5 Å². The van der Waals surface area contributed by atoms with Crippen molar-refractivity contribution in [1.82, 2.24) is 5.32 Å². The van der Waals surface area contributed by atoms with E-state index in [0.717, 1.165) is 25.8 Å². The fourth-order valence-corrected chi connectivity index (χ4v) is 2.07. The van der Waals surface area contributed by atoms with Crippen molar-refractivity contribution in [1.29, 1.82) is 0 Å². The maximum atomic E-state index is 11.9. The number of carbonyl (C=O) groups is 1. The molecule has 1 aliphatic heterocycles. The van der Waals surface area contributed by atoms with Gasteiger partial charge in [0.15, 0.2) is 11.5 Å². The number of amides is 1. The molecule has 0 aliphatic carbocycles. The zero-order valence-corrected chi connectivity index (χ0v) is 10.4. The second-order valence-corrected chi connectivity index (χ2v) is 4.38. The van der Waals surface area contributed by atoms with E-state index in [1.165, 1.54) is 13.2 Å². The lowest BCUT2D eigenvalue weighted by molar-refractivity contribution is -0.118. The number of nitrogens with one attached hydrogen (secondary N) is 2. The fourth-order valence-electron chi connectivity index (χ4n) is 2.07. The summed E-state index contributed by atoms with van der Waals surface area (Å²) in [5, 5.41) is 15.6. The van der Waals surface area contributed by atoms with Crippen LogP contribution in [0.5, 0.6) is 11.5 Å². The van der Waals surface area contributed by atoms with Crippen molar-refractivity contribution >= 4 is 11.6 Å². The normalized spacial score (nSPS) is 19.3. The zero-order chi connectivity index (χ0) is 13.0. The number of anilines is 1. The van der Waals surface area contributed by atoms with Gasteiger partial charge in [-0.2, -0.15) is 0 Å². The quantitative estimate of drug-likeness (QED) is 0.760. The Morgan fingerprint density at radius 2 is 2.33 bits per heavy atom. The first kappa shape index (κ1) is 12.7. The lowest BCUT2D eigenvalue weighted by Gasteiger charge is -2.22. The highest BCUT2D eigenvalue weighted by molar-refractivity contribution is 5.95. The summed E-state index contributed by atoms with van der Waals surface area (Å²) in [5.41, 5.74) is 0.575. The van der Waals surface area contributed by atoms with Crippen LogP contribution in [0.15, 0.2) is 18.2 Å². The molecule has 1 unspecified atom stereocenters. The van der Waals surface area contributed by atoms with E-state index in [9.17, 15) is 9.90 Å². The van der Waals surface area contributed by atoms with Gasteiger partial charge in [-0.3, -0.25) is 4.79 Å². The van der Waals surface area contributed by atoms with Gasteiger partial charge in [0.1, 0.15) is 0 Å². The Hall–Kier alpha value is -1.75. The molecule has 1 aromatic rings. The smallest absolute Gasteiger partial charge is 0.241 e. The van der Waals surface area contributed by atoms with E-state index in [0.29, 0.717) is 11.4 Å². The van der Waals surface area contributed by atoms with E-state index < -0.39 is 0 Å². The number of ether oxygens (including phenoxy) is 1. The molecular weight excluding hydrogens is 232 g/mol. The topological polar surface area (TPSA) is 70.6 Å². The average Bonchev–Trinajstić information content (AvgIpc) is 2.40. The summed E-state index contributed by atoms with van der Waals surface area (Å²) >= 11 is 0. The molecule has 1 amide bonds. The highest BCUT2D eigenvalue weighted by Gasteiger charge is 2.20. The summed E-state index contributed by atoms with van der Waals surface area (Å²) in [5.74, 6) is 0.356. The van der Waals surface area contributed by atoms with Crippen molar-refractivity contribution in [3.8, 4) is 11.5 Å². The third-order valence-corrected chi connectivity index (χ3v) is 3.07. The Kier molecular flexibility index (Phi) is 4.04. The minimum Gasteiger partial charge on any atom is -0.504 e. The van der Waals surface area contributed by atoms with Crippen LogP contribution < -0.4 is 15.4 Å². The molecule has 3 N–H and O–H groups in total. The molecule has 1 aliphatic rings. The van der Waals surface area contributed by atoms with Gasteiger partial charge in [-0.05, 0) is 31.5 Å². The summed E-state index contributed by atoms with van der Waals surface area (Å²) in [6, 6.07) is 4.68. The number of piperidine rings is 1. The number of rotatable bonds is 3. The molecular formula is C13H18N2O3. The van der Waals surface area contributed by atoms with Gasteiger partial charge in [0.05, 0.1) is 13.2 Å². The minimum absolute atomic E-state index is 0.0203. The largest absolute Gasteiger partial charge is 0.504 e. The predicted octanol–water partition coefficient (Wildman–Crippen LogP) is 1.48. The number of methoxy groups -OCH3 is 1. The summed E-state index contributed by atoms with van der Waals surface area (Å²) in [7, 11) is 1.49. The number of phenolic OH excluding ortho intramolecular Hbond substituents is 1. The Morgan fingerprint density at radius 1 is 1.50 bits per heavy atom. The first-order chi connectivity index (χ1) is 8.70. The van der Waals surface area contributed by atoms with Gasteiger partial charge in [0.25, 0.3) is 0 Å². The molecule has 0 aromatic heterocycles. The summed E-state index contributed by atoms with van der Waals surface area (Å²) in [6.07, 6.45) is 3.04. The van der Waals surface area contributed by atoms with Crippen LogP contribution in [0.2, 0.25) is 0 Å². The molecule has 1 fully saturated rings. The second kappa shape index (κ2) is 5.73. The van der Waals surface area contributed by atoms with Crippen molar-refractivity contribution in [3.63, 3.8) is 0 Å². The summed E-state index contributed by atoms with van der Waals surface area (Å²) in [6.45, 7) is 0.881. The molecule has 1 aromatic carbocycles. The monoisotopic (exact) mass is 250 g/mol. The van der Waals surface area contributed by atoms with E-state index in [1.807, 2.05) is 0 Å². The Balaban J connectivity index is 2.00. The van der Waals surface area contributed by atoms with Crippen LogP contribution in [0.1, 0.15) is 19.3 Å². The predicted molar refractivity (Wildman–Crippen MR) is 68.9 cm³/mol. The van der Waals surface area contributed by atoms with Crippen LogP contribution in [0.25, 0.3) is 0 Å². The van der Waals surface area contributed by atoms with Crippen LogP contribution >= 0.6 is 0 Å². The highest BCUT2D eigenvalue weighted by Crippen LogP contribution is 2.28. The van der Waals surface area contributed by atoms with Crippen LogP contribution in [0, 0.1) is 0 Å². The molecule has 1 heterocycles. The first-order valence-corrected chi connectivity index (χ1v) is 6.12. The van der Waals surface area contributed by atoms with Crippen molar-refractivity contribution in [2.75, 3.05) is 19.0 Å². The molecule has 2 rings (SSSR count). The number of aromatic hydroxyl groups is 1. The fraction of sp³-hybridized carbons (Fsp3) is 0.462. The maximum Gasteiger partial charge on any atom is 0.241 e. The van der Waals surface area contributed by atoms with Crippen molar-refractivity contribution in [2.24, 2.45) is 0 Å². The lowest BCUT2D eigenvalue weighted by atomic mass is 10.0. The van der Waals surface area contributed by atoms with Gasteiger partial charge in [0.2, 0.25) is 5.91 Å². The molecule has 1 saturated heterocycles. The van der Waals surface area contributed by atoms with E-state index >= 15 is 0 Å². The number of carbonyl (C=O) groups excluding carboxylic acids is 1. The molecule has 5 heteroatoms. The van der Waals surface area contributed by atoms with E-state index in [2.05, 4.69) is 10.6 Å². The van der Waals surface area contributed by atoms with E-state index in [4.69, 9.17) is 4.74 Å². The highest BCUT2D eigenvalue weighted by atomic mass is 16.5. The third-order valence-electron chi connectivity index (χ3n) is 3.07. The number of hydrogen-bond acceptors (Lipinski definition) is 4. The Labute approximate surface area is 106 Å². The molecule has 0 spiro atoms. The van der Waals surface area contributed by atoms with Gasteiger partial charge in [-0.15, -0.1) is 0 Å². The molecule has 5 nitrogen and oxygen atoms in total. The average molecular weight is 250 g/mol. The molecule has 0 saturated carbocycles. The molecule has 98 valence electrons. The summed E-state index contributed by atoms with van der Waals surface area (Å²) in [4.78, 5) is 11.9. The summed E-state index contributed by atoms with van der Waals surface area (Å²) < 4.78 is 4.95. The zero-order valence-electron chi connectivity index (χ0n) is 10.4. The van der Waals surface area contributed by atoms with Crippen LogP contribution in [0.3, 0.4) is 0 Å². The van der Waals surface area contributed by atoms with Crippen LogP contribution in [-0.2, 0) is 4.79 Å². The van der Waals surface area contributed by atoms with Gasteiger partial charge >= 0.3 is 0 Å². The number of hydrogen-bond donors (Lipinski definition) is 3. The number of phenols is 1. The molecule has 0 bridgehead atoms. The molecule has 1 atom stereocenters. The lowest BCUT2D eigenvalue weighted by Crippen LogP contribution is -2.43. The second-order valence-electron chi connectivity index (χ2n) is 4.38. The van der Waals surface area contributed by atoms with Crippen LogP contribution in [0.4, 0.5) is 5.69 Å². The van der Waals surface area contributed by atoms with Gasteiger partial charge in [-0.1, -0.05) is 6.42 Å². The first-order valence-electron chi connectivity index (χ1n) is 6.12. The third kappa shape index (κ3) is 2.92. The van der Waals surface area contributed by atoms with Crippen molar-refractivity contribution in [2.45, 2.75) is 25.3 Å². The minimum atomic E-state index is -0.136. The Bertz CT molecular complexity index is 428. The Morgan fingerprint density at radius 3 is 2.94 bits per heavy atom. The molecule has 0 radical (unpaired) electrons. The SMILES string of the molecule is COc1ccc(NC(=O)C2CCCCN2)cc1O. The van der Waals surface area contributed by atoms with Crippen molar-refractivity contribution in [3.05, 3.63) is 18.2 Å². The standard InChI is InChI=1S/C13H18N2O3/c1-18-12-6-5-9(8-11(12)16)15-13(17)10-4-2-3-7-14-10/h5-6,8,10,14,16H,2-4,7H2,1H3,(H,15,17). The van der Waals surface area contributed by atoms with Crippen molar-refractivity contribution < 1.29 is 14.6 Å².